The predicted octanol–water partition coefficient (Wildman–Crippen LogP) is 3.15. The molecule has 1 N–H and O–H groups in total. The summed E-state index contributed by atoms with van der Waals surface area (Å²) >= 11 is 0. The fourth-order valence-corrected chi connectivity index (χ4v) is 1.89. The van der Waals surface area contributed by atoms with Gasteiger partial charge in [0.15, 0.2) is 5.67 Å². The van der Waals surface area contributed by atoms with E-state index in [2.05, 4.69) is 5.32 Å². The van der Waals surface area contributed by atoms with Crippen molar-refractivity contribution in [2.75, 3.05) is 0 Å². The Balaban J connectivity index is 1.94. The number of ether oxygens (including phenoxy) is 1. The van der Waals surface area contributed by atoms with Gasteiger partial charge in [-0.05, 0) is 26.3 Å². The number of halogens is 1. The predicted molar refractivity (Wildman–Crippen MR) is 67.0 cm³/mol. The molecular weight excluding hydrogens is 233 g/mol. The Morgan fingerprint density at radius 3 is 2.56 bits per heavy atom. The normalized spacial score (nSPS) is 26.6. The Morgan fingerprint density at radius 1 is 1.39 bits per heavy atom. The first kappa shape index (κ1) is 12.9. The van der Waals surface area contributed by atoms with Crippen LogP contribution in [0.4, 0.5) is 9.18 Å². The van der Waals surface area contributed by atoms with Crippen molar-refractivity contribution in [2.24, 2.45) is 0 Å². The van der Waals surface area contributed by atoms with Gasteiger partial charge in [-0.25, -0.2) is 9.18 Å². The number of alkyl carbamates (subject to hydrolysis) is 1. The number of rotatable bonds is 2. The minimum absolute atomic E-state index is 0.302. The number of amides is 1. The highest BCUT2D eigenvalue weighted by atomic mass is 19.1. The molecule has 1 amide bonds. The first-order chi connectivity index (χ1) is 8.31. The van der Waals surface area contributed by atoms with Crippen LogP contribution < -0.4 is 5.32 Å². The van der Waals surface area contributed by atoms with Crippen molar-refractivity contribution in [1.82, 2.24) is 5.32 Å². The van der Waals surface area contributed by atoms with Crippen molar-refractivity contribution in [1.29, 1.82) is 0 Å². The topological polar surface area (TPSA) is 38.3 Å². The summed E-state index contributed by atoms with van der Waals surface area (Å²) < 4.78 is 19.5. The summed E-state index contributed by atoms with van der Waals surface area (Å²) in [4.78, 5) is 11.5. The highest BCUT2D eigenvalue weighted by Gasteiger charge is 2.58. The van der Waals surface area contributed by atoms with Crippen LogP contribution in [-0.4, -0.2) is 17.7 Å². The molecule has 1 aliphatic carbocycles. The van der Waals surface area contributed by atoms with Crippen molar-refractivity contribution < 1.29 is 13.9 Å². The number of alkyl halides is 1. The number of hydrogen-bond donors (Lipinski definition) is 1. The summed E-state index contributed by atoms with van der Waals surface area (Å²) in [5, 5.41) is 2.56. The summed E-state index contributed by atoms with van der Waals surface area (Å²) in [5.41, 5.74) is -1.41. The van der Waals surface area contributed by atoms with Crippen LogP contribution in [0.2, 0.25) is 0 Å². The second-order valence-electron chi connectivity index (χ2n) is 5.63. The van der Waals surface area contributed by atoms with Gasteiger partial charge in [0.1, 0.15) is 5.60 Å². The number of carbonyl (C=O) groups excluding carboxylic acids is 1. The van der Waals surface area contributed by atoms with Gasteiger partial charge in [0.05, 0.1) is 6.04 Å². The van der Waals surface area contributed by atoms with Crippen molar-refractivity contribution >= 4 is 6.09 Å². The van der Waals surface area contributed by atoms with Crippen molar-refractivity contribution in [3.05, 3.63) is 35.9 Å². The SMILES string of the molecule is CC(C)(C)OC(=O)N[C@H]1C[C@]1(F)c1ccccc1. The van der Waals surface area contributed by atoms with Crippen molar-refractivity contribution in [2.45, 2.75) is 44.5 Å². The Kier molecular flexibility index (Phi) is 3.05. The molecule has 0 aromatic heterocycles. The van der Waals surface area contributed by atoms with Crippen LogP contribution in [-0.2, 0) is 10.4 Å². The number of benzene rings is 1. The van der Waals surface area contributed by atoms with E-state index in [0.717, 1.165) is 0 Å². The van der Waals surface area contributed by atoms with Crippen LogP contribution in [0.3, 0.4) is 0 Å². The van der Waals surface area contributed by atoms with E-state index in [0.29, 0.717) is 12.0 Å². The van der Waals surface area contributed by atoms with Crippen LogP contribution in [0, 0.1) is 0 Å². The van der Waals surface area contributed by atoms with E-state index >= 15 is 0 Å². The summed E-state index contributed by atoms with van der Waals surface area (Å²) in [6.45, 7) is 5.33. The fourth-order valence-electron chi connectivity index (χ4n) is 1.89. The Labute approximate surface area is 106 Å². The van der Waals surface area contributed by atoms with Crippen LogP contribution in [0.25, 0.3) is 0 Å². The molecule has 0 saturated heterocycles. The third kappa shape index (κ3) is 2.81. The van der Waals surface area contributed by atoms with E-state index in [1.807, 2.05) is 6.07 Å². The minimum Gasteiger partial charge on any atom is -0.444 e. The summed E-state index contributed by atoms with van der Waals surface area (Å²) in [6.07, 6.45) is -0.265. The highest BCUT2D eigenvalue weighted by molar-refractivity contribution is 5.69. The molecule has 1 aromatic carbocycles. The lowest BCUT2D eigenvalue weighted by Crippen LogP contribution is -2.35. The van der Waals surface area contributed by atoms with Crippen molar-refractivity contribution in [3.8, 4) is 0 Å². The molecule has 1 aliphatic rings. The van der Waals surface area contributed by atoms with Crippen LogP contribution in [0.1, 0.15) is 32.8 Å². The molecule has 0 bridgehead atoms. The molecule has 1 fully saturated rings. The van der Waals surface area contributed by atoms with E-state index in [4.69, 9.17) is 4.74 Å². The maximum absolute atomic E-state index is 14.4. The quantitative estimate of drug-likeness (QED) is 0.876. The maximum atomic E-state index is 14.4. The summed E-state index contributed by atoms with van der Waals surface area (Å²) in [5.74, 6) is 0. The van der Waals surface area contributed by atoms with Gasteiger partial charge < -0.3 is 10.1 Å². The van der Waals surface area contributed by atoms with E-state index in [1.54, 1.807) is 45.0 Å². The molecule has 0 heterocycles. The maximum Gasteiger partial charge on any atom is 0.407 e. The molecule has 3 nitrogen and oxygen atoms in total. The molecule has 1 saturated carbocycles. The van der Waals surface area contributed by atoms with Gasteiger partial charge >= 0.3 is 6.09 Å². The number of carbonyl (C=O) groups is 1. The Hall–Kier alpha value is -1.58. The molecule has 0 spiro atoms. The van der Waals surface area contributed by atoms with Gasteiger partial charge in [0.25, 0.3) is 0 Å². The molecule has 18 heavy (non-hydrogen) atoms. The van der Waals surface area contributed by atoms with E-state index < -0.39 is 23.4 Å². The highest BCUT2D eigenvalue weighted by Crippen LogP contribution is 2.49. The van der Waals surface area contributed by atoms with E-state index in [1.165, 1.54) is 0 Å². The lowest BCUT2D eigenvalue weighted by Gasteiger charge is -2.20. The second-order valence-corrected chi connectivity index (χ2v) is 5.63. The third-order valence-electron chi connectivity index (χ3n) is 2.84. The molecule has 0 unspecified atom stereocenters. The monoisotopic (exact) mass is 251 g/mol. The third-order valence-corrected chi connectivity index (χ3v) is 2.84. The molecule has 0 radical (unpaired) electrons. The smallest absolute Gasteiger partial charge is 0.407 e. The fraction of sp³-hybridized carbons (Fsp3) is 0.500. The minimum atomic E-state index is -1.45. The van der Waals surface area contributed by atoms with Gasteiger partial charge in [-0.15, -0.1) is 0 Å². The Bertz CT molecular complexity index is 441. The molecule has 2 rings (SSSR count). The number of nitrogens with one attached hydrogen (secondary N) is 1. The summed E-state index contributed by atoms with van der Waals surface area (Å²) in [7, 11) is 0. The zero-order valence-electron chi connectivity index (χ0n) is 10.9. The average molecular weight is 251 g/mol. The first-order valence-electron chi connectivity index (χ1n) is 6.05. The number of hydrogen-bond acceptors (Lipinski definition) is 2. The van der Waals surface area contributed by atoms with Gasteiger partial charge in [-0.1, -0.05) is 30.3 Å². The summed E-state index contributed by atoms with van der Waals surface area (Å²) in [6, 6.07) is 8.40. The second kappa shape index (κ2) is 4.26. The van der Waals surface area contributed by atoms with Gasteiger partial charge in [0.2, 0.25) is 0 Å². The largest absolute Gasteiger partial charge is 0.444 e. The molecular formula is C14H18FNO2. The van der Waals surface area contributed by atoms with E-state index in [-0.39, 0.29) is 0 Å². The van der Waals surface area contributed by atoms with E-state index in [9.17, 15) is 9.18 Å². The Morgan fingerprint density at radius 2 is 2.00 bits per heavy atom. The molecule has 1 aromatic rings. The molecule has 98 valence electrons. The standard InChI is InChI=1S/C14H18FNO2/c1-13(2,3)18-12(17)16-11-9-14(11,15)10-7-5-4-6-8-10/h4-8,11H,9H2,1-3H3,(H,16,17)/t11-,14-/m0/s1. The molecule has 0 aliphatic heterocycles. The van der Waals surface area contributed by atoms with Gasteiger partial charge in [-0.3, -0.25) is 0 Å². The zero-order chi connectivity index (χ0) is 13.4. The lowest BCUT2D eigenvalue weighted by atomic mass is 10.1. The molecule has 4 heteroatoms. The van der Waals surface area contributed by atoms with Gasteiger partial charge in [0, 0.05) is 6.42 Å². The lowest BCUT2D eigenvalue weighted by molar-refractivity contribution is 0.0511. The van der Waals surface area contributed by atoms with Crippen molar-refractivity contribution in [3.63, 3.8) is 0 Å². The average Bonchev–Trinajstić information content (AvgIpc) is 2.89. The zero-order valence-corrected chi connectivity index (χ0v) is 10.9. The van der Waals surface area contributed by atoms with Crippen LogP contribution in [0.15, 0.2) is 30.3 Å². The first-order valence-corrected chi connectivity index (χ1v) is 6.05. The van der Waals surface area contributed by atoms with Crippen LogP contribution >= 0.6 is 0 Å². The van der Waals surface area contributed by atoms with Gasteiger partial charge in [-0.2, -0.15) is 0 Å². The van der Waals surface area contributed by atoms with Crippen LogP contribution in [0.5, 0.6) is 0 Å². The molecule has 2 atom stereocenters.